The highest BCUT2D eigenvalue weighted by molar-refractivity contribution is 6.10. The molecule has 1 atom stereocenters. The minimum Gasteiger partial charge on any atom is -0.342 e. The largest absolute Gasteiger partial charge is 0.342 e. The maximum absolute atomic E-state index is 15.3. The zero-order chi connectivity index (χ0) is 54.1. The molecule has 17 heteroatoms. The summed E-state index contributed by atoms with van der Waals surface area (Å²) in [4.78, 5) is 86.6. The zero-order valence-corrected chi connectivity index (χ0v) is 45.5. The molecule has 2 N–H and O–H groups in total. The van der Waals surface area contributed by atoms with Gasteiger partial charge in [0.1, 0.15) is 11.3 Å². The van der Waals surface area contributed by atoms with Crippen molar-refractivity contribution in [2.24, 2.45) is 17.8 Å². The van der Waals surface area contributed by atoms with Crippen LogP contribution in [-0.4, -0.2) is 120 Å². The Morgan fingerprint density at radius 1 is 0.785 bits per heavy atom. The van der Waals surface area contributed by atoms with Crippen LogP contribution < -0.4 is 15.5 Å². The van der Waals surface area contributed by atoms with E-state index >= 15 is 9.18 Å². The van der Waals surface area contributed by atoms with Gasteiger partial charge in [0.25, 0.3) is 0 Å². The maximum Gasteiger partial charge on any atom is 0.238 e. The predicted molar refractivity (Wildman–Crippen MR) is 300 cm³/mol. The van der Waals surface area contributed by atoms with Gasteiger partial charge in [-0.05, 0) is 164 Å². The second kappa shape index (κ2) is 20.9. The van der Waals surface area contributed by atoms with Gasteiger partial charge in [-0.3, -0.25) is 34.0 Å². The molecule has 6 fully saturated rings. The Hall–Kier alpha value is -7.01. The average molecular weight is 1070 g/mol. The van der Waals surface area contributed by atoms with Crippen LogP contribution in [0.5, 0.6) is 0 Å². The van der Waals surface area contributed by atoms with Gasteiger partial charge >= 0.3 is 0 Å². The van der Waals surface area contributed by atoms with Crippen molar-refractivity contribution >= 4 is 68.7 Å². The highest BCUT2D eigenvalue weighted by Crippen LogP contribution is 2.52. The molecule has 1 spiro atoms. The number of anilines is 3. The third-order valence-electron chi connectivity index (χ3n) is 19.2. The number of benzene rings is 3. The Labute approximate surface area is 460 Å². The number of aromatic nitrogens is 5. The molecule has 6 aromatic rings. The first-order chi connectivity index (χ1) is 38.4. The van der Waals surface area contributed by atoms with E-state index in [2.05, 4.69) is 52.5 Å². The molecule has 4 saturated heterocycles. The molecule has 13 rings (SSSR count). The van der Waals surface area contributed by atoms with Gasteiger partial charge in [0.05, 0.1) is 40.1 Å². The molecule has 5 amide bonds. The molecule has 8 heterocycles. The fourth-order valence-electron chi connectivity index (χ4n) is 14.6. The lowest BCUT2D eigenvalue weighted by Crippen LogP contribution is -2.58. The fraction of sp³-hybridized carbons (Fsp3) is 0.516. The Morgan fingerprint density at radius 3 is 2.25 bits per heavy atom. The van der Waals surface area contributed by atoms with Crippen LogP contribution in [0.3, 0.4) is 0 Å². The van der Waals surface area contributed by atoms with E-state index < -0.39 is 5.41 Å². The molecule has 2 saturated carbocycles. The van der Waals surface area contributed by atoms with Crippen LogP contribution in [0.4, 0.5) is 21.6 Å². The molecule has 0 bridgehead atoms. The Balaban J connectivity index is 0.656. The number of carbonyl (C=O) groups is 5. The number of piperidine rings is 4. The molecule has 3 aromatic heterocycles. The SMILES string of the molecule is CC(C)n1cnc2cc(-c3ccc4c(c3)N(C3CC(N5CCCCC5)C3)C(=O)C43CCN(C(=O)C4CCN(C(=O)C5CCC(Cn6cc7cc(C8CCC(=O)NC8=O)ccc7n6)CC5)CC4)CC3)nc(Nc3ccccc3F)c21. The number of nitrogens with one attached hydrogen (secondary N) is 2. The van der Waals surface area contributed by atoms with Crippen molar-refractivity contribution in [1.29, 1.82) is 0 Å². The summed E-state index contributed by atoms with van der Waals surface area (Å²) in [6, 6.07) is 21.5. The smallest absolute Gasteiger partial charge is 0.238 e. The number of imidazole rings is 1. The lowest BCUT2D eigenvalue weighted by Gasteiger charge is -2.48. The summed E-state index contributed by atoms with van der Waals surface area (Å²) in [6.45, 7) is 9.35. The number of carbonyl (C=O) groups excluding carboxylic acids is 5. The van der Waals surface area contributed by atoms with Crippen molar-refractivity contribution in [3.05, 3.63) is 96.2 Å². The summed E-state index contributed by atoms with van der Waals surface area (Å²) in [7, 11) is 0. The van der Waals surface area contributed by atoms with Crippen molar-refractivity contribution in [3.8, 4) is 11.3 Å². The van der Waals surface area contributed by atoms with Crippen molar-refractivity contribution in [3.63, 3.8) is 0 Å². The second-order valence-corrected chi connectivity index (χ2v) is 24.3. The van der Waals surface area contributed by atoms with Crippen molar-refractivity contribution in [1.82, 2.24) is 44.3 Å². The predicted octanol–water partition coefficient (Wildman–Crippen LogP) is 9.40. The molecule has 2 aliphatic carbocycles. The van der Waals surface area contributed by atoms with E-state index in [9.17, 15) is 19.2 Å². The van der Waals surface area contributed by atoms with E-state index in [4.69, 9.17) is 15.1 Å². The van der Waals surface area contributed by atoms with Gasteiger partial charge in [-0.25, -0.2) is 14.4 Å². The normalized spacial score (nSPS) is 24.8. The van der Waals surface area contributed by atoms with Crippen molar-refractivity contribution in [2.45, 2.75) is 146 Å². The van der Waals surface area contributed by atoms with Crippen LogP contribution in [-0.2, 0) is 35.9 Å². The number of fused-ring (bicyclic) bond motifs is 4. The van der Waals surface area contributed by atoms with E-state index in [1.54, 1.807) is 18.2 Å². The maximum atomic E-state index is 15.3. The van der Waals surface area contributed by atoms with Gasteiger partial charge in [-0.2, -0.15) is 5.10 Å². The first-order valence-corrected chi connectivity index (χ1v) is 29.4. The summed E-state index contributed by atoms with van der Waals surface area (Å²) in [5.74, 6) is 0.0932. The van der Waals surface area contributed by atoms with Crippen LogP contribution >= 0.6 is 0 Å². The number of hydrogen-bond acceptors (Lipinski definition) is 10. The van der Waals surface area contributed by atoms with Crippen LogP contribution in [0.15, 0.2) is 79.3 Å². The first kappa shape index (κ1) is 51.4. The minimum absolute atomic E-state index is 0.0119. The van der Waals surface area contributed by atoms with Crippen molar-refractivity contribution < 1.29 is 28.4 Å². The molecular weight excluding hydrogens is 998 g/mol. The first-order valence-electron chi connectivity index (χ1n) is 29.4. The zero-order valence-electron chi connectivity index (χ0n) is 45.5. The number of rotatable bonds is 11. The molecule has 0 radical (unpaired) electrons. The van der Waals surface area contributed by atoms with E-state index in [1.807, 2.05) is 55.8 Å². The molecule has 1 unspecified atom stereocenters. The summed E-state index contributed by atoms with van der Waals surface area (Å²) in [5, 5.41) is 11.6. The Morgan fingerprint density at radius 2 is 1.52 bits per heavy atom. The van der Waals surface area contributed by atoms with E-state index in [-0.39, 0.29) is 65.2 Å². The number of imide groups is 1. The number of likely N-dealkylation sites (tertiary alicyclic amines) is 3. The molecule has 79 heavy (non-hydrogen) atoms. The van der Waals surface area contributed by atoms with Gasteiger partial charge in [-0.15, -0.1) is 0 Å². The average Bonchev–Trinajstić information content (AvgIpc) is 4.21. The Bertz CT molecular complexity index is 3350. The van der Waals surface area contributed by atoms with Gasteiger partial charge in [0.15, 0.2) is 5.82 Å². The molecule has 3 aromatic carbocycles. The molecule has 7 aliphatic rings. The lowest BCUT2D eigenvalue weighted by atomic mass is 9.73. The molecule has 412 valence electrons. The van der Waals surface area contributed by atoms with E-state index in [0.29, 0.717) is 93.9 Å². The number of nitrogens with zero attached hydrogens (tertiary/aromatic N) is 9. The highest BCUT2D eigenvalue weighted by atomic mass is 19.1. The number of para-hydroxylation sites is 1. The van der Waals surface area contributed by atoms with Crippen LogP contribution in [0.25, 0.3) is 33.2 Å². The minimum atomic E-state index is -0.740. The van der Waals surface area contributed by atoms with Gasteiger partial charge in [0, 0.05) is 91.9 Å². The molecule has 16 nitrogen and oxygen atoms in total. The quantitative estimate of drug-likeness (QED) is 0.119. The van der Waals surface area contributed by atoms with Crippen LogP contribution in [0.1, 0.15) is 133 Å². The number of amides is 5. The van der Waals surface area contributed by atoms with E-state index in [0.717, 1.165) is 102 Å². The number of hydrogen-bond donors (Lipinski definition) is 2. The summed E-state index contributed by atoms with van der Waals surface area (Å²) >= 11 is 0. The number of pyridine rings is 1. The second-order valence-electron chi connectivity index (χ2n) is 24.3. The third kappa shape index (κ3) is 9.56. The van der Waals surface area contributed by atoms with E-state index in [1.165, 1.54) is 25.3 Å². The fourth-order valence-corrected chi connectivity index (χ4v) is 14.6. The van der Waals surface area contributed by atoms with Gasteiger partial charge in [0.2, 0.25) is 29.5 Å². The van der Waals surface area contributed by atoms with Gasteiger partial charge in [-0.1, -0.05) is 36.8 Å². The summed E-state index contributed by atoms with van der Waals surface area (Å²) in [5.41, 5.74) is 6.39. The topological polar surface area (TPSA) is 171 Å². The van der Waals surface area contributed by atoms with Gasteiger partial charge < -0.3 is 29.5 Å². The molecule has 5 aliphatic heterocycles. The monoisotopic (exact) mass is 1070 g/mol. The molecular formula is C62H72FN11O5. The van der Waals surface area contributed by atoms with Crippen molar-refractivity contribution in [2.75, 3.05) is 49.5 Å². The summed E-state index contributed by atoms with van der Waals surface area (Å²) in [6.07, 6.45) is 16.3. The van der Waals surface area contributed by atoms with Crippen LogP contribution in [0, 0.1) is 23.6 Å². The number of halogens is 1. The van der Waals surface area contributed by atoms with Crippen LogP contribution in [0.2, 0.25) is 0 Å². The third-order valence-corrected chi connectivity index (χ3v) is 19.2. The highest BCUT2D eigenvalue weighted by Gasteiger charge is 2.56. The lowest BCUT2D eigenvalue weighted by molar-refractivity contribution is -0.144. The Kier molecular flexibility index (Phi) is 13.6. The summed E-state index contributed by atoms with van der Waals surface area (Å²) < 4.78 is 19.2. The standard InChI is InChI=1S/C62H72FN11O5/c1-38(2)73-37-64-53-34-52(66-57(56(53)73)65-51-9-5-4-8-49(51)63)43-14-17-48-54(31-43)74(46-32-45(33-46)69-24-6-3-7-25-69)61(79)62(48)22-28-71(29-23-62)60(78)41-20-26-70(27-21-41)59(77)40-12-10-39(11-13-40)35-72-36-44-30-42(15-18-50(44)68-72)47-16-19-55(75)67-58(47)76/h4-5,8-9,14-15,17-18,30-31,34,36-41,45-47H,3,6-7,10-13,16,19-29,32-33,35H2,1-2H3,(H,65,66)(H,67,75,76).